The number of benzene rings is 3. The van der Waals surface area contributed by atoms with Crippen molar-refractivity contribution in [3.8, 4) is 11.8 Å². The highest BCUT2D eigenvalue weighted by Gasteiger charge is 2.65. The van der Waals surface area contributed by atoms with Gasteiger partial charge in [-0.15, -0.1) is 0 Å². The van der Waals surface area contributed by atoms with Gasteiger partial charge in [0.15, 0.2) is 11.2 Å². The van der Waals surface area contributed by atoms with Crippen molar-refractivity contribution < 1.29 is 14.3 Å². The molecule has 5 rings (SSSR count). The Morgan fingerprint density at radius 1 is 1.00 bits per heavy atom. The van der Waals surface area contributed by atoms with E-state index in [0.717, 1.165) is 11.3 Å². The lowest BCUT2D eigenvalue weighted by atomic mass is 9.67. The van der Waals surface area contributed by atoms with E-state index in [9.17, 15) is 14.9 Å². The van der Waals surface area contributed by atoms with Gasteiger partial charge in [0.1, 0.15) is 11.8 Å². The summed E-state index contributed by atoms with van der Waals surface area (Å²) in [6, 6.07) is 24.5. The molecule has 0 aromatic heterocycles. The number of para-hydroxylation sites is 1. The van der Waals surface area contributed by atoms with Crippen molar-refractivity contribution in [3.63, 3.8) is 0 Å². The minimum absolute atomic E-state index is 0.171. The van der Waals surface area contributed by atoms with E-state index in [1.165, 1.54) is 0 Å². The topological polar surface area (TPSA) is 96.4 Å². The molecule has 1 fully saturated rings. The highest BCUT2D eigenvalue weighted by atomic mass is 16.5. The van der Waals surface area contributed by atoms with Gasteiger partial charge in [-0.1, -0.05) is 72.8 Å². The zero-order valence-corrected chi connectivity index (χ0v) is 18.6. The van der Waals surface area contributed by atoms with Gasteiger partial charge in [0.2, 0.25) is 5.91 Å². The summed E-state index contributed by atoms with van der Waals surface area (Å²) in [5, 5.41) is 10.5. The van der Waals surface area contributed by atoms with E-state index in [1.54, 1.807) is 55.6 Å². The van der Waals surface area contributed by atoms with E-state index in [1.807, 2.05) is 47.4 Å². The smallest absolute Gasteiger partial charge is 0.241 e. The van der Waals surface area contributed by atoms with Crippen LogP contribution >= 0.6 is 0 Å². The van der Waals surface area contributed by atoms with Crippen LogP contribution in [0.4, 0.5) is 5.69 Å². The number of Topliss-reactive ketones (excluding diaryl/α,β-unsaturated/α-hetero) is 1. The minimum Gasteiger partial charge on any atom is -0.497 e. The third kappa shape index (κ3) is 3.01. The molecule has 1 amide bonds. The van der Waals surface area contributed by atoms with Crippen molar-refractivity contribution >= 4 is 23.5 Å². The fraction of sp³-hybridized carbons (Fsp3) is 0.179. The number of methoxy groups -OCH3 is 1. The predicted octanol–water partition coefficient (Wildman–Crippen LogP) is 3.94. The first-order chi connectivity index (χ1) is 16.5. The molecule has 168 valence electrons. The van der Waals surface area contributed by atoms with Crippen LogP contribution in [0.25, 0.3) is 6.08 Å². The highest BCUT2D eigenvalue weighted by Crippen LogP contribution is 2.55. The maximum Gasteiger partial charge on any atom is 0.241 e. The average Bonchev–Trinajstić information content (AvgIpc) is 3.20. The Bertz CT molecular complexity index is 1330. The Morgan fingerprint density at radius 3 is 2.32 bits per heavy atom. The normalized spacial score (nSPS) is 24.6. The van der Waals surface area contributed by atoms with Crippen LogP contribution in [0.15, 0.2) is 84.9 Å². The zero-order valence-electron chi connectivity index (χ0n) is 18.6. The maximum atomic E-state index is 14.1. The number of nitriles is 1. The van der Waals surface area contributed by atoms with E-state index in [2.05, 4.69) is 6.07 Å². The Labute approximate surface area is 197 Å². The summed E-state index contributed by atoms with van der Waals surface area (Å²) in [5.74, 6) is -1.08. The third-order valence-corrected chi connectivity index (χ3v) is 6.94. The molecule has 4 atom stereocenters. The molecule has 6 heteroatoms. The number of carbonyl (C=O) groups is 2. The molecule has 0 radical (unpaired) electrons. The predicted molar refractivity (Wildman–Crippen MR) is 129 cm³/mol. The van der Waals surface area contributed by atoms with Crippen molar-refractivity contribution in [2.24, 2.45) is 11.1 Å². The van der Waals surface area contributed by atoms with Crippen LogP contribution in [0.5, 0.6) is 5.75 Å². The number of rotatable bonds is 5. The Morgan fingerprint density at radius 2 is 1.68 bits per heavy atom. The number of carbonyl (C=O) groups excluding carboxylic acids is 2. The molecule has 0 bridgehead atoms. The van der Waals surface area contributed by atoms with Gasteiger partial charge >= 0.3 is 0 Å². The molecular weight excluding hydrogens is 426 g/mol. The largest absolute Gasteiger partial charge is 0.497 e. The maximum absolute atomic E-state index is 14.1. The number of fused-ring (bicyclic) bond motifs is 3. The molecular formula is C28H23N3O3. The number of hydrogen-bond acceptors (Lipinski definition) is 5. The average molecular weight is 450 g/mol. The molecule has 2 aliphatic rings. The van der Waals surface area contributed by atoms with Crippen LogP contribution in [-0.4, -0.2) is 30.9 Å². The number of nitrogens with zero attached hydrogens (tertiary/aromatic N) is 2. The van der Waals surface area contributed by atoms with E-state index in [0.29, 0.717) is 16.9 Å². The van der Waals surface area contributed by atoms with Crippen molar-refractivity contribution in [2.75, 3.05) is 12.0 Å². The van der Waals surface area contributed by atoms with Crippen LogP contribution in [0, 0.1) is 16.7 Å². The molecule has 2 N–H and O–H groups in total. The molecule has 0 spiro atoms. The first-order valence-electron chi connectivity index (χ1n) is 11.0. The number of ether oxygens (including phenoxy) is 1. The summed E-state index contributed by atoms with van der Waals surface area (Å²) in [5.41, 5.74) is 7.23. The van der Waals surface area contributed by atoms with Crippen LogP contribution in [0.1, 0.15) is 27.4 Å². The molecule has 2 heterocycles. The van der Waals surface area contributed by atoms with Crippen LogP contribution in [0.2, 0.25) is 0 Å². The second-order valence-corrected chi connectivity index (χ2v) is 8.54. The first kappa shape index (κ1) is 21.5. The monoisotopic (exact) mass is 449 g/mol. The van der Waals surface area contributed by atoms with Crippen LogP contribution in [0.3, 0.4) is 0 Å². The fourth-order valence-corrected chi connectivity index (χ4v) is 5.39. The van der Waals surface area contributed by atoms with Crippen LogP contribution < -0.4 is 15.4 Å². The zero-order chi connectivity index (χ0) is 23.9. The molecule has 3 aromatic rings. The Balaban J connectivity index is 1.79. The number of hydrogen-bond donors (Lipinski definition) is 1. The van der Waals surface area contributed by atoms with Gasteiger partial charge in [-0.2, -0.15) is 5.26 Å². The first-order valence-corrected chi connectivity index (χ1v) is 11.0. The summed E-state index contributed by atoms with van der Waals surface area (Å²) in [6.45, 7) is 0. The Hall–Kier alpha value is -4.37. The van der Waals surface area contributed by atoms with E-state index in [-0.39, 0.29) is 5.78 Å². The Kier molecular flexibility index (Phi) is 5.18. The van der Waals surface area contributed by atoms with Gasteiger partial charge < -0.3 is 15.4 Å². The molecule has 3 aromatic carbocycles. The SMILES string of the molecule is COc1ccc([C@@H]2[C@H](C(=O)c3ccccc3)N3c4ccccc4C=C[C@H]3[C@]2(C#N)C(N)=O)cc1. The number of amides is 1. The van der Waals surface area contributed by atoms with E-state index in [4.69, 9.17) is 10.5 Å². The van der Waals surface area contributed by atoms with Crippen molar-refractivity contribution in [3.05, 3.63) is 102 Å². The number of anilines is 1. The van der Waals surface area contributed by atoms with Gasteiger partial charge in [-0.3, -0.25) is 9.59 Å². The fourth-order valence-electron chi connectivity index (χ4n) is 5.39. The van der Waals surface area contributed by atoms with E-state index < -0.39 is 29.3 Å². The summed E-state index contributed by atoms with van der Waals surface area (Å²) in [6.07, 6.45) is 3.72. The molecule has 0 saturated carbocycles. The minimum atomic E-state index is -1.66. The number of ketones is 1. The number of primary amides is 1. The summed E-state index contributed by atoms with van der Waals surface area (Å²) >= 11 is 0. The molecule has 6 nitrogen and oxygen atoms in total. The molecule has 0 aliphatic carbocycles. The molecule has 1 saturated heterocycles. The highest BCUT2D eigenvalue weighted by molar-refractivity contribution is 6.06. The number of nitrogens with two attached hydrogens (primary N) is 1. The second kappa shape index (κ2) is 8.20. The van der Waals surface area contributed by atoms with Gasteiger partial charge in [0.05, 0.1) is 19.2 Å². The van der Waals surface area contributed by atoms with Gasteiger partial charge in [-0.05, 0) is 29.3 Å². The lowest BCUT2D eigenvalue weighted by molar-refractivity contribution is -0.125. The van der Waals surface area contributed by atoms with E-state index >= 15 is 0 Å². The van der Waals surface area contributed by atoms with Crippen molar-refractivity contribution in [1.29, 1.82) is 5.26 Å². The van der Waals surface area contributed by atoms with Crippen LogP contribution in [-0.2, 0) is 4.79 Å². The van der Waals surface area contributed by atoms with Crippen molar-refractivity contribution in [2.45, 2.75) is 18.0 Å². The summed E-state index contributed by atoms with van der Waals surface area (Å²) in [7, 11) is 1.57. The summed E-state index contributed by atoms with van der Waals surface area (Å²) in [4.78, 5) is 29.1. The lowest BCUT2D eigenvalue weighted by Crippen LogP contribution is -2.49. The molecule has 0 unspecified atom stereocenters. The second-order valence-electron chi connectivity index (χ2n) is 8.54. The standard InChI is InChI=1S/C28H23N3O3/c1-34-21-14-11-19(12-15-21)24-25(26(32)20-8-3-2-4-9-20)31-22-10-6-5-7-18(22)13-16-23(31)28(24,17-29)27(30)33/h2-16,23-25H,1H3,(H2,30,33)/t23-,24+,25+,28-/m0/s1. The van der Waals surface area contributed by atoms with Gasteiger partial charge in [0.25, 0.3) is 0 Å². The molecule has 2 aliphatic heterocycles. The quantitative estimate of drug-likeness (QED) is 0.595. The van der Waals surface area contributed by atoms with Gasteiger partial charge in [-0.25, -0.2) is 0 Å². The van der Waals surface area contributed by atoms with Gasteiger partial charge in [0, 0.05) is 17.2 Å². The van der Waals surface area contributed by atoms with Crippen molar-refractivity contribution in [1.82, 2.24) is 0 Å². The third-order valence-electron chi connectivity index (χ3n) is 6.94. The summed E-state index contributed by atoms with van der Waals surface area (Å²) < 4.78 is 5.30. The molecule has 34 heavy (non-hydrogen) atoms. The lowest BCUT2D eigenvalue weighted by Gasteiger charge is -2.36.